The number of rotatable bonds is 6. The summed E-state index contributed by atoms with van der Waals surface area (Å²) in [4.78, 5) is 26.4. The van der Waals surface area contributed by atoms with Crippen molar-refractivity contribution in [1.29, 1.82) is 0 Å². The number of nitrogens with one attached hydrogen (secondary N) is 1. The van der Waals surface area contributed by atoms with E-state index in [-0.39, 0.29) is 18.5 Å². The fourth-order valence-corrected chi connectivity index (χ4v) is 6.48. The van der Waals surface area contributed by atoms with Gasteiger partial charge in [-0.05, 0) is 41.0 Å². The molecule has 11 heteroatoms. The van der Waals surface area contributed by atoms with Crippen LogP contribution in [-0.4, -0.2) is 80.3 Å². The molecule has 1 aromatic heterocycles. The lowest BCUT2D eigenvalue weighted by Crippen LogP contribution is -2.49. The summed E-state index contributed by atoms with van der Waals surface area (Å²) < 4.78 is 27.8. The summed E-state index contributed by atoms with van der Waals surface area (Å²) in [5.41, 5.74) is 0. The van der Waals surface area contributed by atoms with E-state index < -0.39 is 10.0 Å². The molecule has 0 spiro atoms. The Kier molecular flexibility index (Phi) is 5.78. The smallest absolute Gasteiger partial charge is 0.324 e. The molecule has 2 saturated heterocycles. The van der Waals surface area contributed by atoms with E-state index in [2.05, 4.69) is 26.1 Å². The number of piperazine rings is 1. The molecule has 1 aromatic rings. The van der Waals surface area contributed by atoms with Crippen molar-refractivity contribution in [2.45, 2.75) is 10.6 Å². The second-order valence-corrected chi connectivity index (χ2v) is 10.5. The third-order valence-electron chi connectivity index (χ3n) is 4.27. The second-order valence-electron chi connectivity index (χ2n) is 5.86. The Hall–Kier alpha value is -1.01. The average molecular weight is 451 g/mol. The zero-order valence-corrected chi connectivity index (χ0v) is 16.7. The third kappa shape index (κ3) is 4.22. The molecule has 0 atom stereocenters. The normalized spacial score (nSPS) is 20.3. The number of hydrogen-bond acceptors (Lipinski definition) is 6. The largest absolute Gasteiger partial charge is 0.329 e. The third-order valence-corrected chi connectivity index (χ3v) is 8.26. The van der Waals surface area contributed by atoms with Gasteiger partial charge in [-0.2, -0.15) is 4.31 Å². The summed E-state index contributed by atoms with van der Waals surface area (Å²) >= 11 is 4.51. The zero-order valence-electron chi connectivity index (χ0n) is 13.5. The molecule has 8 nitrogen and oxygen atoms in total. The Bertz CT molecular complexity index is 743. The van der Waals surface area contributed by atoms with Crippen molar-refractivity contribution in [3.8, 4) is 0 Å². The minimum absolute atomic E-state index is 0.0776. The number of imide groups is 1. The Morgan fingerprint density at radius 2 is 1.84 bits per heavy atom. The molecule has 0 radical (unpaired) electrons. The first-order valence-electron chi connectivity index (χ1n) is 7.94. The van der Waals surface area contributed by atoms with Crippen LogP contribution in [0.2, 0.25) is 0 Å². The molecule has 0 aromatic carbocycles. The first-order chi connectivity index (χ1) is 11.9. The first kappa shape index (κ1) is 18.8. The zero-order chi connectivity index (χ0) is 18.0. The van der Waals surface area contributed by atoms with Gasteiger partial charge < -0.3 is 10.2 Å². The van der Waals surface area contributed by atoms with Gasteiger partial charge in [-0.3, -0.25) is 9.69 Å². The van der Waals surface area contributed by atoms with Gasteiger partial charge >= 0.3 is 6.03 Å². The monoisotopic (exact) mass is 450 g/mol. The fraction of sp³-hybridized carbons (Fsp3) is 0.571. The number of carbonyl (C=O) groups is 2. The Morgan fingerprint density at radius 1 is 1.12 bits per heavy atom. The highest BCUT2D eigenvalue weighted by atomic mass is 79.9. The summed E-state index contributed by atoms with van der Waals surface area (Å²) in [6.45, 7) is 3.38. The first-order valence-corrected chi connectivity index (χ1v) is 11.0. The van der Waals surface area contributed by atoms with E-state index in [0.717, 1.165) is 10.3 Å². The molecule has 2 aliphatic rings. The van der Waals surface area contributed by atoms with Gasteiger partial charge in [0.25, 0.3) is 10.0 Å². The molecule has 3 amide bonds. The molecular weight excluding hydrogens is 432 g/mol. The lowest BCUT2D eigenvalue weighted by molar-refractivity contribution is -0.125. The number of hydrogen-bond donors (Lipinski definition) is 1. The maximum Gasteiger partial charge on any atom is 0.324 e. The molecule has 138 valence electrons. The second kappa shape index (κ2) is 7.70. The minimum Gasteiger partial charge on any atom is -0.329 e. The van der Waals surface area contributed by atoms with Gasteiger partial charge in [0, 0.05) is 32.7 Å². The van der Waals surface area contributed by atoms with Crippen molar-refractivity contribution in [1.82, 2.24) is 19.4 Å². The lowest BCUT2D eigenvalue weighted by Gasteiger charge is -2.33. The average Bonchev–Trinajstić information content (AvgIpc) is 3.16. The Labute approximate surface area is 158 Å². The van der Waals surface area contributed by atoms with Crippen LogP contribution in [-0.2, 0) is 14.8 Å². The van der Waals surface area contributed by atoms with E-state index in [0.29, 0.717) is 43.4 Å². The van der Waals surface area contributed by atoms with Gasteiger partial charge in [0.1, 0.15) is 4.21 Å². The number of amides is 3. The quantitative estimate of drug-likeness (QED) is 0.646. The van der Waals surface area contributed by atoms with Crippen LogP contribution < -0.4 is 5.32 Å². The number of sulfonamides is 1. The van der Waals surface area contributed by atoms with Gasteiger partial charge in [-0.1, -0.05) is 0 Å². The standard InChI is InChI=1S/C14H19BrN4O4S2/c15-11-2-3-13(24-11)25(22,23)18-8-6-17(7-9-18)4-1-5-19-12(20)10-16-14(19)21/h2-3H,1,4-10H2,(H,16,21). The van der Waals surface area contributed by atoms with Crippen molar-refractivity contribution in [3.05, 3.63) is 15.9 Å². The van der Waals surface area contributed by atoms with Gasteiger partial charge in [-0.25, -0.2) is 13.2 Å². The Balaban J connectivity index is 1.46. The molecule has 2 fully saturated rings. The summed E-state index contributed by atoms with van der Waals surface area (Å²) in [5.74, 6) is -0.192. The predicted octanol–water partition coefficient (Wildman–Crippen LogP) is 0.759. The van der Waals surface area contributed by atoms with E-state index in [4.69, 9.17) is 0 Å². The highest BCUT2D eigenvalue weighted by Crippen LogP contribution is 2.28. The van der Waals surface area contributed by atoms with Crippen molar-refractivity contribution >= 4 is 49.2 Å². The van der Waals surface area contributed by atoms with Crippen molar-refractivity contribution < 1.29 is 18.0 Å². The van der Waals surface area contributed by atoms with Crippen LogP contribution in [0.1, 0.15) is 6.42 Å². The maximum atomic E-state index is 12.6. The molecule has 1 N–H and O–H groups in total. The molecule has 25 heavy (non-hydrogen) atoms. The SMILES string of the molecule is O=C1CNC(=O)N1CCCN1CCN(S(=O)(=O)c2ccc(Br)s2)CC1. The van der Waals surface area contributed by atoms with Crippen LogP contribution in [0, 0.1) is 0 Å². The van der Waals surface area contributed by atoms with Crippen molar-refractivity contribution in [2.75, 3.05) is 45.8 Å². The van der Waals surface area contributed by atoms with Crippen LogP contribution in [0.15, 0.2) is 20.1 Å². The molecule has 2 aliphatic heterocycles. The summed E-state index contributed by atoms with van der Waals surface area (Å²) in [7, 11) is -3.42. The van der Waals surface area contributed by atoms with Crippen LogP contribution in [0.4, 0.5) is 4.79 Å². The van der Waals surface area contributed by atoms with Gasteiger partial charge in [-0.15, -0.1) is 11.3 Å². The molecule has 0 saturated carbocycles. The summed E-state index contributed by atoms with van der Waals surface area (Å²) in [5, 5.41) is 2.50. The van der Waals surface area contributed by atoms with E-state index in [9.17, 15) is 18.0 Å². The molecule has 3 heterocycles. The topological polar surface area (TPSA) is 90.0 Å². The maximum absolute atomic E-state index is 12.6. The molecule has 0 bridgehead atoms. The summed E-state index contributed by atoms with van der Waals surface area (Å²) in [6.07, 6.45) is 0.684. The number of urea groups is 1. The lowest BCUT2D eigenvalue weighted by atomic mass is 10.3. The Morgan fingerprint density at radius 3 is 2.40 bits per heavy atom. The molecule has 0 unspecified atom stereocenters. The van der Waals surface area contributed by atoms with E-state index in [1.54, 1.807) is 12.1 Å². The molecule has 0 aliphatic carbocycles. The molecular formula is C14H19BrN4O4S2. The van der Waals surface area contributed by atoms with Crippen molar-refractivity contribution in [2.24, 2.45) is 0 Å². The van der Waals surface area contributed by atoms with E-state index >= 15 is 0 Å². The van der Waals surface area contributed by atoms with E-state index in [1.807, 2.05) is 0 Å². The number of halogens is 1. The highest BCUT2D eigenvalue weighted by Gasteiger charge is 2.30. The predicted molar refractivity (Wildman–Crippen MR) is 96.9 cm³/mol. The van der Waals surface area contributed by atoms with Crippen molar-refractivity contribution in [3.63, 3.8) is 0 Å². The highest BCUT2D eigenvalue weighted by molar-refractivity contribution is 9.11. The number of carbonyl (C=O) groups excluding carboxylic acids is 2. The number of thiophene rings is 1. The van der Waals surface area contributed by atoms with Crippen LogP contribution in [0.5, 0.6) is 0 Å². The van der Waals surface area contributed by atoms with Gasteiger partial charge in [0.15, 0.2) is 0 Å². The number of nitrogens with zero attached hydrogens (tertiary/aromatic N) is 3. The van der Waals surface area contributed by atoms with Gasteiger partial charge in [0.2, 0.25) is 5.91 Å². The summed E-state index contributed by atoms with van der Waals surface area (Å²) in [6, 6.07) is 3.03. The molecule has 3 rings (SSSR count). The fourth-order valence-electron chi connectivity index (χ4n) is 2.89. The van der Waals surface area contributed by atoms with Crippen LogP contribution in [0.3, 0.4) is 0 Å². The van der Waals surface area contributed by atoms with Crippen LogP contribution >= 0.6 is 27.3 Å². The van der Waals surface area contributed by atoms with Gasteiger partial charge in [0.05, 0.1) is 10.3 Å². The van der Waals surface area contributed by atoms with Crippen LogP contribution in [0.25, 0.3) is 0 Å². The van der Waals surface area contributed by atoms with E-state index in [1.165, 1.54) is 20.5 Å². The minimum atomic E-state index is -3.42.